The number of nitrogens with zero attached hydrogens (tertiary/aromatic N) is 2. The normalized spacial score (nSPS) is 11.6. The molecule has 9 nitrogen and oxygen atoms in total. The summed E-state index contributed by atoms with van der Waals surface area (Å²) in [4.78, 5) is 44.1. The van der Waals surface area contributed by atoms with E-state index >= 15 is 0 Å². The highest BCUT2D eigenvalue weighted by Crippen LogP contribution is 2.24. The second-order valence-electron chi connectivity index (χ2n) is 8.21. The highest BCUT2D eigenvalue weighted by molar-refractivity contribution is 6.31. The smallest absolute Gasteiger partial charge is 0.343 e. The van der Waals surface area contributed by atoms with Gasteiger partial charge in [-0.05, 0) is 60.9 Å². The van der Waals surface area contributed by atoms with Gasteiger partial charge in [-0.2, -0.15) is 0 Å². The van der Waals surface area contributed by atoms with Crippen LogP contribution in [0.5, 0.6) is 5.75 Å². The molecule has 3 rings (SSSR count). The van der Waals surface area contributed by atoms with E-state index in [0.717, 1.165) is 17.3 Å². The standard InChI is InChI=1S/C27H25ClN4O5/c1-16-2-4-17(5-3-16)12-20(25(34)35)15-31-24(33)13-19-8-11-22(14-23(19)28)37-26(36)18-6-9-21(10-7-18)32-27(29)30/h2-11,14-15,20H,12-13H2,1H3,(H,34,35)(H4,29,30,32). The SMILES string of the molecule is Cc1ccc(CC(C=NC(=O)Cc2ccc(OC(=O)c3ccc(N=C(N)N)cc3)cc2Cl)C(=O)O)cc1. The maximum Gasteiger partial charge on any atom is 0.343 e. The fourth-order valence-corrected chi connectivity index (χ4v) is 3.52. The number of carboxylic acids is 1. The minimum Gasteiger partial charge on any atom is -0.481 e. The number of halogens is 1. The molecule has 0 fully saturated rings. The van der Waals surface area contributed by atoms with E-state index in [-0.39, 0.29) is 35.1 Å². The minimum atomic E-state index is -1.08. The van der Waals surface area contributed by atoms with Crippen molar-refractivity contribution in [2.75, 3.05) is 0 Å². The third kappa shape index (κ3) is 8.29. The van der Waals surface area contributed by atoms with E-state index in [0.29, 0.717) is 11.3 Å². The summed E-state index contributed by atoms with van der Waals surface area (Å²) in [5, 5.41) is 9.69. The molecule has 0 radical (unpaired) electrons. The molecule has 0 spiro atoms. The number of nitrogens with two attached hydrogens (primary N) is 2. The van der Waals surface area contributed by atoms with Crippen LogP contribution in [-0.4, -0.2) is 35.1 Å². The van der Waals surface area contributed by atoms with Crippen molar-refractivity contribution in [2.24, 2.45) is 27.4 Å². The summed E-state index contributed by atoms with van der Waals surface area (Å²) in [6.45, 7) is 1.94. The second kappa shape index (κ2) is 12.5. The average molecular weight is 521 g/mol. The molecular formula is C27H25ClN4O5. The zero-order valence-electron chi connectivity index (χ0n) is 19.9. The molecule has 0 aromatic heterocycles. The first kappa shape index (κ1) is 27.1. The molecule has 5 N–H and O–H groups in total. The maximum atomic E-state index is 12.4. The predicted octanol–water partition coefficient (Wildman–Crippen LogP) is 3.86. The Morgan fingerprint density at radius 2 is 1.70 bits per heavy atom. The first-order valence-corrected chi connectivity index (χ1v) is 11.5. The van der Waals surface area contributed by atoms with Crippen molar-refractivity contribution in [3.8, 4) is 5.75 Å². The number of aryl methyl sites for hydroxylation is 1. The van der Waals surface area contributed by atoms with Crippen LogP contribution in [0.15, 0.2) is 76.7 Å². The molecule has 0 saturated carbocycles. The fraction of sp³-hybridized carbons (Fsp3) is 0.148. The first-order valence-electron chi connectivity index (χ1n) is 11.2. The van der Waals surface area contributed by atoms with Gasteiger partial charge in [-0.15, -0.1) is 0 Å². The van der Waals surface area contributed by atoms with Crippen LogP contribution in [0.2, 0.25) is 5.02 Å². The van der Waals surface area contributed by atoms with Gasteiger partial charge in [0, 0.05) is 11.2 Å². The summed E-state index contributed by atoms with van der Waals surface area (Å²) in [7, 11) is 0. The summed E-state index contributed by atoms with van der Waals surface area (Å²) in [5.41, 5.74) is 13.8. The van der Waals surface area contributed by atoms with Crippen molar-refractivity contribution in [1.29, 1.82) is 0 Å². The van der Waals surface area contributed by atoms with E-state index < -0.39 is 23.8 Å². The molecule has 0 aliphatic heterocycles. The topological polar surface area (TPSA) is 157 Å². The van der Waals surface area contributed by atoms with Gasteiger partial charge in [-0.3, -0.25) is 9.59 Å². The molecule has 190 valence electrons. The van der Waals surface area contributed by atoms with Crippen LogP contribution in [0.25, 0.3) is 0 Å². The molecule has 1 amide bonds. The number of carboxylic acid groups (broad SMARTS) is 1. The summed E-state index contributed by atoms with van der Waals surface area (Å²) in [6, 6.07) is 18.1. The lowest BCUT2D eigenvalue weighted by Crippen LogP contribution is -2.21. The van der Waals surface area contributed by atoms with E-state index in [1.54, 1.807) is 18.2 Å². The zero-order valence-corrected chi connectivity index (χ0v) is 20.7. The third-order valence-electron chi connectivity index (χ3n) is 5.23. The van der Waals surface area contributed by atoms with Crippen LogP contribution in [0.3, 0.4) is 0 Å². The Labute approximate surface area is 218 Å². The Morgan fingerprint density at radius 3 is 2.30 bits per heavy atom. The monoisotopic (exact) mass is 520 g/mol. The van der Waals surface area contributed by atoms with Gasteiger partial charge in [0.25, 0.3) is 0 Å². The Kier molecular flexibility index (Phi) is 9.12. The van der Waals surface area contributed by atoms with Crippen molar-refractivity contribution in [3.05, 3.63) is 94.0 Å². The predicted molar refractivity (Wildman–Crippen MR) is 142 cm³/mol. The number of amides is 1. The number of hydrogen-bond donors (Lipinski definition) is 3. The van der Waals surface area contributed by atoms with Gasteiger partial charge >= 0.3 is 11.9 Å². The number of aliphatic carboxylic acids is 1. The molecule has 0 saturated heterocycles. The van der Waals surface area contributed by atoms with E-state index in [1.807, 2.05) is 31.2 Å². The van der Waals surface area contributed by atoms with E-state index in [9.17, 15) is 19.5 Å². The van der Waals surface area contributed by atoms with Gasteiger partial charge in [0.1, 0.15) is 5.75 Å². The highest BCUT2D eigenvalue weighted by atomic mass is 35.5. The van der Waals surface area contributed by atoms with Crippen molar-refractivity contribution in [2.45, 2.75) is 19.8 Å². The van der Waals surface area contributed by atoms with Crippen molar-refractivity contribution < 1.29 is 24.2 Å². The molecule has 0 bridgehead atoms. The lowest BCUT2D eigenvalue weighted by atomic mass is 10.00. The maximum absolute atomic E-state index is 12.4. The van der Waals surface area contributed by atoms with Gasteiger partial charge in [-0.1, -0.05) is 47.5 Å². The summed E-state index contributed by atoms with van der Waals surface area (Å²) in [6.07, 6.45) is 1.21. The van der Waals surface area contributed by atoms with Crippen LogP contribution >= 0.6 is 11.6 Å². The summed E-state index contributed by atoms with van der Waals surface area (Å²) < 4.78 is 5.34. The lowest BCUT2D eigenvalue weighted by molar-refractivity contribution is -0.139. The van der Waals surface area contributed by atoms with Crippen LogP contribution in [0, 0.1) is 12.8 Å². The number of benzene rings is 3. The summed E-state index contributed by atoms with van der Waals surface area (Å²) >= 11 is 6.28. The molecule has 3 aromatic rings. The van der Waals surface area contributed by atoms with Gasteiger partial charge in [0.2, 0.25) is 5.91 Å². The highest BCUT2D eigenvalue weighted by Gasteiger charge is 2.17. The Morgan fingerprint density at radius 1 is 1.03 bits per heavy atom. The molecule has 0 aliphatic carbocycles. The fourth-order valence-electron chi connectivity index (χ4n) is 3.29. The first-order chi connectivity index (χ1) is 17.6. The minimum absolute atomic E-state index is 0.0989. The molecular weight excluding hydrogens is 496 g/mol. The van der Waals surface area contributed by atoms with Crippen LogP contribution in [0.1, 0.15) is 27.0 Å². The van der Waals surface area contributed by atoms with Crippen molar-refractivity contribution >= 4 is 47.3 Å². The van der Waals surface area contributed by atoms with Crippen LogP contribution < -0.4 is 16.2 Å². The van der Waals surface area contributed by atoms with Crippen molar-refractivity contribution in [3.63, 3.8) is 0 Å². The molecule has 37 heavy (non-hydrogen) atoms. The molecule has 10 heteroatoms. The Bertz CT molecular complexity index is 1350. The van der Waals surface area contributed by atoms with Gasteiger partial charge in [0.15, 0.2) is 5.96 Å². The molecule has 1 atom stereocenters. The zero-order chi connectivity index (χ0) is 26.9. The number of hydrogen-bond acceptors (Lipinski definition) is 5. The number of carbonyl (C=O) groups is 3. The Hall–Kier alpha value is -4.50. The van der Waals surface area contributed by atoms with Crippen LogP contribution in [-0.2, 0) is 22.4 Å². The number of ether oxygens (including phenoxy) is 1. The molecule has 1 unspecified atom stereocenters. The Balaban J connectivity index is 1.60. The second-order valence-corrected chi connectivity index (χ2v) is 8.62. The van der Waals surface area contributed by atoms with Crippen molar-refractivity contribution in [1.82, 2.24) is 0 Å². The third-order valence-corrected chi connectivity index (χ3v) is 5.58. The molecule has 0 aliphatic rings. The van der Waals surface area contributed by atoms with E-state index in [4.69, 9.17) is 27.8 Å². The number of guanidine groups is 1. The van der Waals surface area contributed by atoms with Gasteiger partial charge in [-0.25, -0.2) is 14.8 Å². The quantitative estimate of drug-likeness (QED) is 0.167. The number of carbonyl (C=O) groups excluding carboxylic acids is 2. The largest absolute Gasteiger partial charge is 0.481 e. The van der Waals surface area contributed by atoms with E-state index in [2.05, 4.69) is 9.98 Å². The van der Waals surface area contributed by atoms with E-state index in [1.165, 1.54) is 24.3 Å². The van der Waals surface area contributed by atoms with Crippen LogP contribution in [0.4, 0.5) is 5.69 Å². The number of aliphatic imine (C=N–C) groups is 2. The molecule has 3 aromatic carbocycles. The van der Waals surface area contributed by atoms with Gasteiger partial charge in [0.05, 0.1) is 23.6 Å². The number of esters is 1. The number of rotatable bonds is 9. The molecule has 0 heterocycles. The lowest BCUT2D eigenvalue weighted by Gasteiger charge is -2.08. The van der Waals surface area contributed by atoms with Gasteiger partial charge < -0.3 is 21.3 Å². The average Bonchev–Trinajstić information content (AvgIpc) is 2.84. The summed E-state index contributed by atoms with van der Waals surface area (Å²) in [5.74, 6) is -3.11.